The second-order valence-corrected chi connectivity index (χ2v) is 10.6. The van der Waals surface area contributed by atoms with Crippen LogP contribution in [0.1, 0.15) is 70.8 Å². The summed E-state index contributed by atoms with van der Waals surface area (Å²) < 4.78 is 5.06. The average molecular weight is 567 g/mol. The van der Waals surface area contributed by atoms with Gasteiger partial charge < -0.3 is 25.4 Å². The first-order chi connectivity index (χ1) is 19.1. The highest BCUT2D eigenvalue weighted by molar-refractivity contribution is 5.84. The van der Waals surface area contributed by atoms with E-state index in [0.717, 1.165) is 6.42 Å². The molecule has 2 unspecified atom stereocenters. The number of nitrogens with zero attached hydrogens (tertiary/aromatic N) is 1. The van der Waals surface area contributed by atoms with Crippen molar-refractivity contribution in [2.45, 2.75) is 102 Å². The molecule has 1 aromatic rings. The number of aliphatic hydroxyl groups is 3. The summed E-state index contributed by atoms with van der Waals surface area (Å²) in [5, 5.41) is 50.5. The van der Waals surface area contributed by atoms with E-state index in [1.807, 2.05) is 42.5 Å². The maximum Gasteiger partial charge on any atom is 0.328 e. The Kier molecular flexibility index (Phi) is 15.3. The summed E-state index contributed by atoms with van der Waals surface area (Å²) in [6.07, 6.45) is 6.67. The number of benzene rings is 1. The fraction of sp³-hybridized carbons (Fsp3) is 0.655. The Morgan fingerprint density at radius 2 is 1.77 bits per heavy atom. The minimum atomic E-state index is -0.867. The molecule has 0 saturated heterocycles. The van der Waals surface area contributed by atoms with Crippen molar-refractivity contribution < 1.29 is 44.9 Å². The van der Waals surface area contributed by atoms with Crippen molar-refractivity contribution in [3.8, 4) is 0 Å². The normalized spacial score (nSPS) is 23.3. The van der Waals surface area contributed by atoms with E-state index in [1.54, 1.807) is 0 Å². The van der Waals surface area contributed by atoms with E-state index in [-0.39, 0.29) is 30.8 Å². The van der Waals surface area contributed by atoms with E-state index in [0.29, 0.717) is 44.9 Å². The average Bonchev–Trinajstić information content (AvgIpc) is 3.18. The number of allylic oxidation sites excluding steroid dienone is 2. The maximum absolute atomic E-state index is 12.2. The topological polar surface area (TPSA) is 169 Å². The number of amides is 1. The monoisotopic (exact) mass is 566 g/mol. The number of carbonyl (C=O) groups is 2. The van der Waals surface area contributed by atoms with Gasteiger partial charge in [0.2, 0.25) is 5.91 Å². The summed E-state index contributed by atoms with van der Waals surface area (Å²) in [5.41, 5.74) is 1.19. The quantitative estimate of drug-likeness (QED) is 0.0672. The smallest absolute Gasteiger partial charge is 0.328 e. The molecule has 2 rings (SSSR count). The van der Waals surface area contributed by atoms with Gasteiger partial charge in [-0.2, -0.15) is 0 Å². The molecule has 0 bridgehead atoms. The van der Waals surface area contributed by atoms with E-state index in [1.165, 1.54) is 19.4 Å². The highest BCUT2D eigenvalue weighted by Crippen LogP contribution is 2.38. The number of hydrogen-bond acceptors (Lipinski definition) is 10. The number of aryl methyl sites for hydroxylation is 1. The first kappa shape index (κ1) is 33.8. The highest BCUT2D eigenvalue weighted by atomic mass is 17.1. The van der Waals surface area contributed by atoms with Crippen molar-refractivity contribution in [2.75, 3.05) is 6.61 Å². The molecular weight excluding hydrogens is 520 g/mol. The third-order valence-corrected chi connectivity index (χ3v) is 7.29. The van der Waals surface area contributed by atoms with Crippen LogP contribution >= 0.6 is 0 Å². The van der Waals surface area contributed by atoms with Gasteiger partial charge in [-0.15, -0.1) is 0 Å². The first-order valence-electron chi connectivity index (χ1n) is 14.1. The predicted molar refractivity (Wildman–Crippen MR) is 146 cm³/mol. The number of aliphatic hydroxyl groups excluding tert-OH is 3. The Morgan fingerprint density at radius 1 is 1.07 bits per heavy atom. The van der Waals surface area contributed by atoms with Gasteiger partial charge in [0.25, 0.3) is 0 Å². The first-order valence-corrected chi connectivity index (χ1v) is 14.1. The van der Waals surface area contributed by atoms with Crippen molar-refractivity contribution in [3.05, 3.63) is 48.0 Å². The molecule has 11 heteroatoms. The summed E-state index contributed by atoms with van der Waals surface area (Å²) in [6, 6.07) is 9.16. The van der Waals surface area contributed by atoms with Gasteiger partial charge in [0.15, 0.2) is 0 Å². The van der Waals surface area contributed by atoms with E-state index >= 15 is 0 Å². The second kappa shape index (κ2) is 18.1. The van der Waals surface area contributed by atoms with Crippen LogP contribution in [0.15, 0.2) is 42.5 Å². The summed E-state index contributed by atoms with van der Waals surface area (Å²) in [6.45, 7) is 2.74. The van der Waals surface area contributed by atoms with Gasteiger partial charge in [-0.3, -0.25) is 15.2 Å². The number of carbonyl (C=O) groups excluding carboxylic acids is 2. The van der Waals surface area contributed by atoms with Gasteiger partial charge in [0, 0.05) is 6.42 Å². The van der Waals surface area contributed by atoms with E-state index < -0.39 is 41.8 Å². The van der Waals surface area contributed by atoms with Gasteiger partial charge in [-0.1, -0.05) is 42.5 Å². The lowest BCUT2D eigenvalue weighted by Gasteiger charge is -2.23. The van der Waals surface area contributed by atoms with Crippen LogP contribution in [-0.4, -0.2) is 80.1 Å². The number of hydrogen-bond donors (Lipinski definition) is 6. The lowest BCUT2D eigenvalue weighted by Crippen LogP contribution is -2.41. The van der Waals surface area contributed by atoms with E-state index in [4.69, 9.17) is 15.2 Å². The Hall–Kier alpha value is -2.38. The largest absolute Gasteiger partial charge is 0.459 e. The molecule has 11 nitrogen and oxygen atoms in total. The molecule has 0 radical (unpaired) electrons. The van der Waals surface area contributed by atoms with Crippen molar-refractivity contribution in [1.82, 2.24) is 10.7 Å². The van der Waals surface area contributed by atoms with Crippen molar-refractivity contribution in [3.63, 3.8) is 0 Å². The van der Waals surface area contributed by atoms with Gasteiger partial charge in [-0.05, 0) is 82.6 Å². The molecule has 1 amide bonds. The second-order valence-electron chi connectivity index (χ2n) is 10.6. The summed E-state index contributed by atoms with van der Waals surface area (Å²) in [7, 11) is 0. The van der Waals surface area contributed by atoms with Gasteiger partial charge in [0.05, 0.1) is 23.7 Å². The highest BCUT2D eigenvalue weighted by Gasteiger charge is 2.40. The summed E-state index contributed by atoms with van der Waals surface area (Å²) >= 11 is 0. The van der Waals surface area contributed by atoms with Crippen LogP contribution in [0, 0.1) is 11.8 Å². The van der Waals surface area contributed by atoms with Gasteiger partial charge in [0.1, 0.15) is 18.8 Å². The lowest BCUT2D eigenvalue weighted by molar-refractivity contribution is -0.494. The van der Waals surface area contributed by atoms with Crippen molar-refractivity contribution >= 4 is 11.9 Å². The Morgan fingerprint density at radius 3 is 2.48 bits per heavy atom. The number of esters is 1. The fourth-order valence-corrected chi connectivity index (χ4v) is 5.04. The SMILES string of the molecule is CC(CON(O)O)OC(=O)C(C)NC(=O)CCC/C=C\C[C@@H]1[C@@H](CC[C@@H](O)CCc2ccccc2)[C@H](O)C[C@@H]1O. The van der Waals surface area contributed by atoms with Crippen LogP contribution in [-0.2, 0) is 25.6 Å². The molecule has 0 aromatic heterocycles. The molecule has 1 aliphatic carbocycles. The molecule has 0 spiro atoms. The minimum absolute atomic E-state index is 0.0708. The molecule has 226 valence electrons. The molecule has 40 heavy (non-hydrogen) atoms. The molecule has 6 N–H and O–H groups in total. The number of ether oxygens (including phenoxy) is 1. The molecule has 7 atom stereocenters. The van der Waals surface area contributed by atoms with Crippen molar-refractivity contribution in [1.29, 1.82) is 0 Å². The molecule has 0 aliphatic heterocycles. The van der Waals surface area contributed by atoms with Crippen molar-refractivity contribution in [2.24, 2.45) is 11.8 Å². The summed E-state index contributed by atoms with van der Waals surface area (Å²) in [5.74, 6) is -1.10. The Bertz CT molecular complexity index is 899. The third-order valence-electron chi connectivity index (χ3n) is 7.29. The molecule has 1 aromatic carbocycles. The van der Waals surface area contributed by atoms with Crippen LogP contribution < -0.4 is 5.32 Å². The summed E-state index contributed by atoms with van der Waals surface area (Å²) in [4.78, 5) is 28.6. The number of unbranched alkanes of at least 4 members (excludes halogenated alkanes) is 1. The third kappa shape index (κ3) is 12.9. The zero-order valence-electron chi connectivity index (χ0n) is 23.5. The van der Waals surface area contributed by atoms with Crippen LogP contribution in [0.25, 0.3) is 0 Å². The molecule has 1 aliphatic rings. The Balaban J connectivity index is 1.65. The standard InChI is InChI=1S/C29H46N2O9/c1-20(19-39-31(37)38)40-29(36)21(2)30-28(35)13-9-4-3-8-12-24-25(27(34)18-26(24)33)17-16-23(32)15-14-22-10-6-5-7-11-22/h3,5-8,10-11,20-21,23-27,32-34,37-38H,4,9,12-19H2,1-2H3,(H,30,35)/b8-3-/t20?,21?,23-,24+,25+,26-,27+/m0/s1. The number of nitrogens with one attached hydrogen (secondary N) is 1. The number of rotatable bonds is 18. The van der Waals surface area contributed by atoms with Crippen LogP contribution in [0.4, 0.5) is 0 Å². The van der Waals surface area contributed by atoms with E-state index in [9.17, 15) is 24.9 Å². The van der Waals surface area contributed by atoms with Gasteiger partial charge in [-0.25, -0.2) is 9.63 Å². The maximum atomic E-state index is 12.2. The predicted octanol–water partition coefficient (Wildman–Crippen LogP) is 2.68. The molecular formula is C29H46N2O9. The van der Waals surface area contributed by atoms with E-state index in [2.05, 4.69) is 10.2 Å². The Labute approximate surface area is 236 Å². The fourth-order valence-electron chi connectivity index (χ4n) is 5.04. The van der Waals surface area contributed by atoms with Crippen LogP contribution in [0.5, 0.6) is 0 Å². The molecule has 0 heterocycles. The minimum Gasteiger partial charge on any atom is -0.459 e. The molecule has 1 saturated carbocycles. The van der Waals surface area contributed by atoms with Gasteiger partial charge >= 0.3 is 5.97 Å². The van der Waals surface area contributed by atoms with Crippen LogP contribution in [0.3, 0.4) is 0 Å². The zero-order valence-corrected chi connectivity index (χ0v) is 23.5. The molecule has 1 fully saturated rings. The zero-order chi connectivity index (χ0) is 29.5. The van der Waals surface area contributed by atoms with Crippen LogP contribution in [0.2, 0.25) is 0 Å². The lowest BCUT2D eigenvalue weighted by atomic mass is 9.85.